The lowest BCUT2D eigenvalue weighted by Gasteiger charge is -2.10. The van der Waals surface area contributed by atoms with E-state index in [1.165, 1.54) is 0 Å². The van der Waals surface area contributed by atoms with Gasteiger partial charge in [-0.25, -0.2) is 8.78 Å². The third-order valence-electron chi connectivity index (χ3n) is 2.72. The van der Waals surface area contributed by atoms with Crippen molar-refractivity contribution in [3.63, 3.8) is 0 Å². The molecule has 1 aromatic rings. The largest absolute Gasteiger partial charge is 0.258 e. The van der Waals surface area contributed by atoms with Crippen molar-refractivity contribution in [3.8, 4) is 0 Å². The topological polar surface area (TPSA) is 0 Å². The Bertz CT molecular complexity index is 349. The van der Waals surface area contributed by atoms with E-state index in [1.807, 2.05) is 0 Å². The Morgan fingerprint density at radius 3 is 2.46 bits per heavy atom. The van der Waals surface area contributed by atoms with E-state index in [9.17, 15) is 8.78 Å². The van der Waals surface area contributed by atoms with Crippen LogP contribution in [0.4, 0.5) is 8.78 Å². The molecular weight excluding hydrogens is 194 g/mol. The van der Waals surface area contributed by atoms with Gasteiger partial charge in [0, 0.05) is 11.4 Å². The Kier molecular flexibility index (Phi) is 1.68. The summed E-state index contributed by atoms with van der Waals surface area (Å²) in [5, 5.41) is 0.515. The third kappa shape index (κ3) is 1.24. The predicted octanol–water partition coefficient (Wildman–Crippen LogP) is 3.64. The molecule has 1 atom stereocenters. The molecule has 1 aliphatic carbocycles. The minimum Gasteiger partial charge on any atom is -0.206 e. The fourth-order valence-corrected chi connectivity index (χ4v) is 1.74. The van der Waals surface area contributed by atoms with Crippen LogP contribution in [-0.2, 0) is 5.41 Å². The fraction of sp³-hybridized carbons (Fsp3) is 0.400. The highest BCUT2D eigenvalue weighted by molar-refractivity contribution is 6.30. The average molecular weight is 203 g/mol. The highest BCUT2D eigenvalue weighted by Crippen LogP contribution is 2.61. The first-order chi connectivity index (χ1) is 5.96. The Morgan fingerprint density at radius 1 is 1.38 bits per heavy atom. The quantitative estimate of drug-likeness (QED) is 0.652. The number of halogens is 3. The summed E-state index contributed by atoms with van der Waals surface area (Å²) in [6.45, 7) is 1.57. The molecule has 70 valence electrons. The second-order valence-corrected chi connectivity index (χ2v) is 4.16. The Labute approximate surface area is 80.5 Å². The van der Waals surface area contributed by atoms with Crippen LogP contribution in [0, 0.1) is 0 Å². The lowest BCUT2D eigenvalue weighted by atomic mass is 9.98. The molecule has 0 radical (unpaired) electrons. The van der Waals surface area contributed by atoms with Gasteiger partial charge in [0.2, 0.25) is 0 Å². The molecule has 1 saturated carbocycles. The van der Waals surface area contributed by atoms with Gasteiger partial charge in [0.25, 0.3) is 5.92 Å². The van der Waals surface area contributed by atoms with Crippen molar-refractivity contribution in [1.29, 1.82) is 0 Å². The SMILES string of the molecule is CC1(c2cccc(Cl)c2)CC1(F)F. The first-order valence-electron chi connectivity index (χ1n) is 4.10. The van der Waals surface area contributed by atoms with Gasteiger partial charge in [-0.2, -0.15) is 0 Å². The molecule has 0 spiro atoms. The summed E-state index contributed by atoms with van der Waals surface area (Å²) in [4.78, 5) is 0. The van der Waals surface area contributed by atoms with E-state index in [0.717, 1.165) is 0 Å². The monoisotopic (exact) mass is 202 g/mol. The number of hydrogen-bond acceptors (Lipinski definition) is 0. The van der Waals surface area contributed by atoms with Crippen molar-refractivity contribution in [2.45, 2.75) is 24.7 Å². The summed E-state index contributed by atoms with van der Waals surface area (Å²) < 4.78 is 25.9. The van der Waals surface area contributed by atoms with Crippen molar-refractivity contribution >= 4 is 11.6 Å². The maximum Gasteiger partial charge on any atom is 0.258 e. The van der Waals surface area contributed by atoms with Crippen molar-refractivity contribution in [2.75, 3.05) is 0 Å². The first kappa shape index (κ1) is 8.95. The molecule has 1 fully saturated rings. The average Bonchev–Trinajstić information content (AvgIpc) is 2.53. The second kappa shape index (κ2) is 2.44. The van der Waals surface area contributed by atoms with Crippen LogP contribution in [0.1, 0.15) is 18.9 Å². The summed E-state index contributed by atoms with van der Waals surface area (Å²) in [6.07, 6.45) is -0.0691. The van der Waals surface area contributed by atoms with Crippen LogP contribution in [-0.4, -0.2) is 5.92 Å². The maximum absolute atomic E-state index is 13.0. The highest BCUT2D eigenvalue weighted by Gasteiger charge is 2.68. The Hall–Kier alpha value is -0.630. The number of rotatable bonds is 1. The van der Waals surface area contributed by atoms with Crippen LogP contribution in [0.15, 0.2) is 24.3 Å². The van der Waals surface area contributed by atoms with Gasteiger partial charge in [-0.15, -0.1) is 0 Å². The third-order valence-corrected chi connectivity index (χ3v) is 2.95. The molecule has 0 heterocycles. The van der Waals surface area contributed by atoms with E-state index in [0.29, 0.717) is 10.6 Å². The molecule has 0 N–H and O–H groups in total. The summed E-state index contributed by atoms with van der Waals surface area (Å²) in [7, 11) is 0. The van der Waals surface area contributed by atoms with Crippen LogP contribution in [0.5, 0.6) is 0 Å². The van der Waals surface area contributed by atoms with E-state index in [-0.39, 0.29) is 6.42 Å². The van der Waals surface area contributed by atoms with Gasteiger partial charge in [0.15, 0.2) is 0 Å². The number of alkyl halides is 2. The second-order valence-electron chi connectivity index (χ2n) is 3.72. The van der Waals surface area contributed by atoms with Crippen molar-refractivity contribution in [1.82, 2.24) is 0 Å². The fourth-order valence-electron chi connectivity index (χ4n) is 1.54. The standard InChI is InChI=1S/C10H9ClF2/c1-9(6-10(9,12)13)7-3-2-4-8(11)5-7/h2-5H,6H2,1H3. The Morgan fingerprint density at radius 2 is 2.00 bits per heavy atom. The lowest BCUT2D eigenvalue weighted by Crippen LogP contribution is -2.11. The highest BCUT2D eigenvalue weighted by atomic mass is 35.5. The van der Waals surface area contributed by atoms with Gasteiger partial charge in [0.1, 0.15) is 0 Å². The van der Waals surface area contributed by atoms with Gasteiger partial charge in [-0.05, 0) is 24.6 Å². The molecule has 2 rings (SSSR count). The van der Waals surface area contributed by atoms with Crippen molar-refractivity contribution < 1.29 is 8.78 Å². The van der Waals surface area contributed by atoms with Gasteiger partial charge >= 0.3 is 0 Å². The van der Waals surface area contributed by atoms with E-state index >= 15 is 0 Å². The van der Waals surface area contributed by atoms with Crippen LogP contribution in [0.2, 0.25) is 5.02 Å². The molecule has 0 aliphatic heterocycles. The molecule has 0 saturated heterocycles. The number of hydrogen-bond donors (Lipinski definition) is 0. The molecule has 0 bridgehead atoms. The molecule has 1 aromatic carbocycles. The van der Waals surface area contributed by atoms with E-state index in [4.69, 9.17) is 11.6 Å². The molecule has 3 heteroatoms. The molecule has 0 amide bonds. The summed E-state index contributed by atoms with van der Waals surface area (Å²) >= 11 is 5.73. The smallest absolute Gasteiger partial charge is 0.206 e. The van der Waals surface area contributed by atoms with Gasteiger partial charge in [-0.3, -0.25) is 0 Å². The molecule has 13 heavy (non-hydrogen) atoms. The van der Waals surface area contributed by atoms with Gasteiger partial charge in [0.05, 0.1) is 5.41 Å². The zero-order chi connectivity index (χ0) is 9.69. The molecule has 1 unspecified atom stereocenters. The van der Waals surface area contributed by atoms with Crippen LogP contribution in [0.25, 0.3) is 0 Å². The maximum atomic E-state index is 13.0. The minimum atomic E-state index is -2.56. The van der Waals surface area contributed by atoms with Crippen molar-refractivity contribution in [2.24, 2.45) is 0 Å². The van der Waals surface area contributed by atoms with Gasteiger partial charge in [-0.1, -0.05) is 23.7 Å². The normalized spacial score (nSPS) is 30.2. The summed E-state index contributed by atoms with van der Waals surface area (Å²) in [5.74, 6) is -2.56. The Balaban J connectivity index is 2.38. The van der Waals surface area contributed by atoms with E-state index in [2.05, 4.69) is 0 Å². The van der Waals surface area contributed by atoms with Crippen LogP contribution >= 0.6 is 11.6 Å². The summed E-state index contributed by atoms with van der Waals surface area (Å²) in [5.41, 5.74) is -0.359. The minimum absolute atomic E-state index is 0.0691. The van der Waals surface area contributed by atoms with Crippen LogP contribution in [0.3, 0.4) is 0 Å². The zero-order valence-electron chi connectivity index (χ0n) is 7.15. The predicted molar refractivity (Wildman–Crippen MR) is 48.4 cm³/mol. The zero-order valence-corrected chi connectivity index (χ0v) is 7.91. The van der Waals surface area contributed by atoms with E-state index < -0.39 is 11.3 Å². The lowest BCUT2D eigenvalue weighted by molar-refractivity contribution is 0.0920. The first-order valence-corrected chi connectivity index (χ1v) is 4.47. The van der Waals surface area contributed by atoms with Crippen molar-refractivity contribution in [3.05, 3.63) is 34.9 Å². The molecule has 0 nitrogen and oxygen atoms in total. The number of benzene rings is 1. The van der Waals surface area contributed by atoms with Crippen LogP contribution < -0.4 is 0 Å². The molecular formula is C10H9ClF2. The molecule has 0 aromatic heterocycles. The van der Waals surface area contributed by atoms with Gasteiger partial charge < -0.3 is 0 Å². The molecule has 1 aliphatic rings. The summed E-state index contributed by atoms with van der Waals surface area (Å²) in [6, 6.07) is 6.71. The van der Waals surface area contributed by atoms with E-state index in [1.54, 1.807) is 31.2 Å².